The van der Waals surface area contributed by atoms with Crippen molar-refractivity contribution < 1.29 is 19.1 Å². The molecule has 0 aliphatic rings. The number of ether oxygens (including phenoxy) is 2. The highest BCUT2D eigenvalue weighted by Crippen LogP contribution is 2.18. The maximum Gasteiger partial charge on any atom is 0.330 e. The first-order valence-corrected chi connectivity index (χ1v) is 16.1. The average molecular weight is 523 g/mol. The van der Waals surface area contributed by atoms with Gasteiger partial charge in [0.1, 0.15) is 6.10 Å². The van der Waals surface area contributed by atoms with Crippen LogP contribution in [0, 0.1) is 0 Å². The second kappa shape index (κ2) is 29.2. The second-order valence-electron chi connectivity index (χ2n) is 10.9. The van der Waals surface area contributed by atoms with Crippen LogP contribution in [-0.4, -0.2) is 25.2 Å². The third-order valence-corrected chi connectivity index (χ3v) is 7.26. The van der Waals surface area contributed by atoms with Crippen molar-refractivity contribution in [3.05, 3.63) is 12.2 Å². The first-order valence-electron chi connectivity index (χ1n) is 16.1. The summed E-state index contributed by atoms with van der Waals surface area (Å²) in [5.41, 5.74) is 0. The molecule has 0 N–H and O–H groups in total. The molecular formula is C33H62O4. The highest BCUT2D eigenvalue weighted by atomic mass is 16.5. The standard InChI is InChI=1S/C33H62O4/c1-4-6-8-10-12-13-14-15-17-21-26-30-33(35)37-31(27-23-19-16-11-9-7-5-2)28-24-20-18-22-25-29-32(34)36-3/h25,29,31H,4-24,26-28,30H2,1-3H3. The number of hydrogen-bond donors (Lipinski definition) is 0. The summed E-state index contributed by atoms with van der Waals surface area (Å²) in [6, 6.07) is 0. The van der Waals surface area contributed by atoms with Crippen LogP contribution in [0.1, 0.15) is 174 Å². The Morgan fingerprint density at radius 1 is 0.595 bits per heavy atom. The van der Waals surface area contributed by atoms with Crippen LogP contribution in [0.2, 0.25) is 0 Å². The molecule has 0 rings (SSSR count). The van der Waals surface area contributed by atoms with Crippen molar-refractivity contribution in [2.24, 2.45) is 0 Å². The average Bonchev–Trinajstić information content (AvgIpc) is 2.90. The molecule has 218 valence electrons. The molecule has 0 aliphatic heterocycles. The van der Waals surface area contributed by atoms with E-state index in [0.29, 0.717) is 6.42 Å². The van der Waals surface area contributed by atoms with Gasteiger partial charge in [-0.1, -0.05) is 129 Å². The van der Waals surface area contributed by atoms with Gasteiger partial charge < -0.3 is 9.47 Å². The summed E-state index contributed by atoms with van der Waals surface area (Å²) in [5, 5.41) is 0. The summed E-state index contributed by atoms with van der Waals surface area (Å²) in [6.07, 6.45) is 33.3. The van der Waals surface area contributed by atoms with Crippen LogP contribution in [0.15, 0.2) is 12.2 Å². The number of esters is 2. The fourth-order valence-electron chi connectivity index (χ4n) is 4.83. The van der Waals surface area contributed by atoms with E-state index in [1.54, 1.807) is 0 Å². The molecule has 1 atom stereocenters. The SMILES string of the molecule is CCCCCCCCCCCCCC(=O)OC(CCCCCC=CC(=O)OC)CCCCCCCCC. The van der Waals surface area contributed by atoms with Gasteiger partial charge in [-0.25, -0.2) is 4.79 Å². The number of unbranched alkanes of at least 4 members (excludes halogenated alkanes) is 19. The lowest BCUT2D eigenvalue weighted by Crippen LogP contribution is -2.18. The Morgan fingerprint density at radius 2 is 1.03 bits per heavy atom. The van der Waals surface area contributed by atoms with Crippen molar-refractivity contribution >= 4 is 11.9 Å². The van der Waals surface area contributed by atoms with Crippen molar-refractivity contribution in [2.75, 3.05) is 7.11 Å². The Bertz CT molecular complexity index is 528. The van der Waals surface area contributed by atoms with Crippen molar-refractivity contribution in [3.63, 3.8) is 0 Å². The van der Waals surface area contributed by atoms with Crippen molar-refractivity contribution in [1.82, 2.24) is 0 Å². The van der Waals surface area contributed by atoms with E-state index in [1.807, 2.05) is 6.08 Å². The molecule has 0 saturated heterocycles. The van der Waals surface area contributed by atoms with Crippen LogP contribution >= 0.6 is 0 Å². The van der Waals surface area contributed by atoms with Gasteiger partial charge in [0.15, 0.2) is 0 Å². The second-order valence-corrected chi connectivity index (χ2v) is 10.9. The van der Waals surface area contributed by atoms with Gasteiger partial charge in [0.2, 0.25) is 0 Å². The van der Waals surface area contributed by atoms with Gasteiger partial charge in [-0.2, -0.15) is 0 Å². The third-order valence-electron chi connectivity index (χ3n) is 7.26. The van der Waals surface area contributed by atoms with E-state index in [1.165, 1.54) is 109 Å². The van der Waals surface area contributed by atoms with Crippen LogP contribution in [0.25, 0.3) is 0 Å². The molecule has 0 aliphatic carbocycles. The molecule has 0 radical (unpaired) electrons. The summed E-state index contributed by atoms with van der Waals surface area (Å²) >= 11 is 0. The number of carbonyl (C=O) groups is 2. The van der Waals surface area contributed by atoms with Gasteiger partial charge in [0.25, 0.3) is 0 Å². The van der Waals surface area contributed by atoms with Crippen molar-refractivity contribution in [2.45, 2.75) is 180 Å². The molecule has 0 saturated carbocycles. The maximum absolute atomic E-state index is 12.5. The van der Waals surface area contributed by atoms with Crippen LogP contribution in [-0.2, 0) is 19.1 Å². The third kappa shape index (κ3) is 27.5. The summed E-state index contributed by atoms with van der Waals surface area (Å²) in [7, 11) is 1.40. The Balaban J connectivity index is 4.06. The van der Waals surface area contributed by atoms with Gasteiger partial charge in [-0.3, -0.25) is 4.79 Å². The first kappa shape index (κ1) is 35.7. The molecular weight excluding hydrogens is 460 g/mol. The summed E-state index contributed by atoms with van der Waals surface area (Å²) in [6.45, 7) is 4.52. The van der Waals surface area contributed by atoms with Crippen LogP contribution in [0.4, 0.5) is 0 Å². The maximum atomic E-state index is 12.5. The Morgan fingerprint density at radius 3 is 1.51 bits per heavy atom. The largest absolute Gasteiger partial charge is 0.466 e. The lowest BCUT2D eigenvalue weighted by Gasteiger charge is -2.18. The Labute approximate surface area is 230 Å². The predicted molar refractivity (Wildman–Crippen MR) is 158 cm³/mol. The topological polar surface area (TPSA) is 52.6 Å². The normalized spacial score (nSPS) is 12.2. The highest BCUT2D eigenvalue weighted by Gasteiger charge is 2.14. The first-order chi connectivity index (χ1) is 18.1. The molecule has 0 amide bonds. The van der Waals surface area contributed by atoms with Crippen LogP contribution < -0.4 is 0 Å². The molecule has 4 heteroatoms. The zero-order chi connectivity index (χ0) is 27.2. The van der Waals surface area contributed by atoms with Gasteiger partial charge in [-0.15, -0.1) is 0 Å². The van der Waals surface area contributed by atoms with Gasteiger partial charge in [0.05, 0.1) is 7.11 Å². The molecule has 0 aromatic carbocycles. The molecule has 0 bridgehead atoms. The van der Waals surface area contributed by atoms with Gasteiger partial charge >= 0.3 is 11.9 Å². The number of rotatable bonds is 28. The van der Waals surface area contributed by atoms with E-state index in [4.69, 9.17) is 4.74 Å². The van der Waals surface area contributed by atoms with E-state index < -0.39 is 0 Å². The quantitative estimate of drug-likeness (QED) is 0.0582. The number of allylic oxidation sites excluding steroid dienone is 1. The molecule has 0 spiro atoms. The van der Waals surface area contributed by atoms with E-state index in [2.05, 4.69) is 18.6 Å². The molecule has 0 aromatic rings. The predicted octanol–water partition coefficient (Wildman–Crippen LogP) is 10.4. The summed E-state index contributed by atoms with van der Waals surface area (Å²) in [4.78, 5) is 23.6. The lowest BCUT2D eigenvalue weighted by molar-refractivity contribution is -0.150. The molecule has 0 aromatic heterocycles. The number of carbonyl (C=O) groups excluding carboxylic acids is 2. The summed E-state index contributed by atoms with van der Waals surface area (Å²) in [5.74, 6) is -0.288. The molecule has 1 unspecified atom stereocenters. The van der Waals surface area contributed by atoms with E-state index in [9.17, 15) is 9.59 Å². The monoisotopic (exact) mass is 522 g/mol. The smallest absolute Gasteiger partial charge is 0.330 e. The zero-order valence-electron chi connectivity index (χ0n) is 25.0. The van der Waals surface area contributed by atoms with Crippen molar-refractivity contribution in [1.29, 1.82) is 0 Å². The highest BCUT2D eigenvalue weighted by molar-refractivity contribution is 5.81. The van der Waals surface area contributed by atoms with Crippen LogP contribution in [0.3, 0.4) is 0 Å². The fourth-order valence-corrected chi connectivity index (χ4v) is 4.83. The minimum Gasteiger partial charge on any atom is -0.466 e. The molecule has 37 heavy (non-hydrogen) atoms. The zero-order valence-corrected chi connectivity index (χ0v) is 25.0. The molecule has 0 fully saturated rings. The number of methoxy groups -OCH3 is 1. The molecule has 4 nitrogen and oxygen atoms in total. The van der Waals surface area contributed by atoms with Crippen molar-refractivity contribution in [3.8, 4) is 0 Å². The van der Waals surface area contributed by atoms with Gasteiger partial charge in [-0.05, 0) is 44.9 Å². The summed E-state index contributed by atoms with van der Waals surface area (Å²) < 4.78 is 10.6. The minimum atomic E-state index is -0.292. The van der Waals surface area contributed by atoms with E-state index in [0.717, 1.165) is 57.8 Å². The molecule has 0 heterocycles. The lowest BCUT2D eigenvalue weighted by atomic mass is 10.0. The van der Waals surface area contributed by atoms with E-state index in [-0.39, 0.29) is 18.0 Å². The Hall–Kier alpha value is -1.32. The number of hydrogen-bond acceptors (Lipinski definition) is 4. The van der Waals surface area contributed by atoms with Crippen LogP contribution in [0.5, 0.6) is 0 Å². The Kier molecular flexibility index (Phi) is 28.2. The van der Waals surface area contributed by atoms with Gasteiger partial charge in [0, 0.05) is 12.5 Å². The minimum absolute atomic E-state index is 0.00452. The fraction of sp³-hybridized carbons (Fsp3) is 0.879. The van der Waals surface area contributed by atoms with E-state index >= 15 is 0 Å².